The van der Waals surface area contributed by atoms with E-state index in [-0.39, 0.29) is 12.1 Å². The van der Waals surface area contributed by atoms with Crippen molar-refractivity contribution in [2.24, 2.45) is 0 Å². The van der Waals surface area contributed by atoms with Gasteiger partial charge in [-0.15, -0.1) is 0 Å². The summed E-state index contributed by atoms with van der Waals surface area (Å²) in [4.78, 5) is 21.6. The van der Waals surface area contributed by atoms with Gasteiger partial charge in [0.1, 0.15) is 151 Å². The van der Waals surface area contributed by atoms with Crippen molar-refractivity contribution in [1.29, 1.82) is 42.1 Å². The van der Waals surface area contributed by atoms with Gasteiger partial charge in [-0.1, -0.05) is 0 Å². The summed E-state index contributed by atoms with van der Waals surface area (Å²) >= 11 is 0. The summed E-state index contributed by atoms with van der Waals surface area (Å²) in [5.74, 6) is -67.0. The van der Waals surface area contributed by atoms with Crippen LogP contribution in [0.2, 0.25) is 0 Å². The largest absolute Gasteiger partial charge is 0.525 e. The minimum atomic E-state index is -2.37. The van der Waals surface area contributed by atoms with Gasteiger partial charge in [0.05, 0.1) is 50.1 Å². The van der Waals surface area contributed by atoms with Crippen LogP contribution in [0, 0.1) is 270 Å². The van der Waals surface area contributed by atoms with E-state index in [1.54, 1.807) is 0 Å². The fourth-order valence-corrected chi connectivity index (χ4v) is 16.1. The Balaban J connectivity index is 0.000000173. The van der Waals surface area contributed by atoms with Gasteiger partial charge in [-0.3, -0.25) is 0 Å². The van der Waals surface area contributed by atoms with Crippen LogP contribution in [0.4, 0.5) is 132 Å². The minimum absolute atomic E-state index is 0.202. The fourth-order valence-electron chi connectivity index (χ4n) is 16.1. The maximum absolute atomic E-state index is 16.4. The van der Waals surface area contributed by atoms with Crippen molar-refractivity contribution in [3.05, 3.63) is 364 Å². The average molecular weight is 1890 g/mol. The van der Waals surface area contributed by atoms with Crippen LogP contribution in [0.3, 0.4) is 0 Å². The van der Waals surface area contributed by atoms with E-state index in [0.717, 1.165) is 12.1 Å². The number of nitrogens with zero attached hydrogens (tertiary/aromatic N) is 16. The zero-order valence-corrected chi connectivity index (χ0v) is 64.9. The van der Waals surface area contributed by atoms with E-state index in [9.17, 15) is 84.3 Å². The smallest absolute Gasteiger partial charge is 0.207 e. The van der Waals surface area contributed by atoms with Gasteiger partial charge in [-0.2, -0.15) is 98.7 Å². The molecule has 6 aliphatic carbocycles. The molecule has 15 rings (SSSR count). The molecule has 0 fully saturated rings. The standard InChI is InChI=1S/C32H4F10N6.C30H6F10N4.C28H4F10N6/c1-47-32(48-2)13-4-12-17(21-30(41)26(37)15(8-46)27(38)31(21)42)18-11(3-10(22(18)33)9(5-43)6-44)16(19(12)23(13)34)20-28(39)24(35)14(7-45)25(36)29(20)40;1-43-30(44-2)13-4-12-19(23-28(39)16(33)6-17(34)29(23)40)20-11(3-10(24(20)35)9(7-41)8-42)18(21(12)25(13)36)22-26(37)14(31)5-15(32)27(22)38;1-41-28(42-2)11-4-10-13(17-22(33)26(37)44-27(38)23(17)34)14-9(3-8(18(14)29)7(5-39)6-40)12(15(10)19(11)30)16-20(31)24(35)43-25(36)21(16)32/h3-4H2;5-6H,3-4H2;3-4H2. The van der Waals surface area contributed by atoms with Crippen molar-refractivity contribution in [2.45, 2.75) is 38.5 Å². The van der Waals surface area contributed by atoms with Crippen LogP contribution in [-0.2, 0) is 38.5 Å². The first-order valence-corrected chi connectivity index (χ1v) is 35.9. The maximum Gasteiger partial charge on any atom is 0.525 e. The number of hydrogen-bond acceptors (Lipinski definition) is 10. The molecule has 46 heteroatoms. The van der Waals surface area contributed by atoms with Gasteiger partial charge in [0.2, 0.25) is 0 Å². The lowest BCUT2D eigenvalue weighted by Crippen LogP contribution is -2.26. The van der Waals surface area contributed by atoms with E-state index in [1.807, 2.05) is 0 Å². The number of benzene rings is 7. The monoisotopic (exact) mass is 1890 g/mol. The highest BCUT2D eigenvalue weighted by Crippen LogP contribution is 2.49. The van der Waals surface area contributed by atoms with Gasteiger partial charge >= 0.3 is 17.5 Å². The first kappa shape index (κ1) is 94.9. The number of halogens is 30. The summed E-state index contributed by atoms with van der Waals surface area (Å²) < 4.78 is 456. The van der Waals surface area contributed by atoms with Crippen LogP contribution in [-0.4, -0.2) is 9.97 Å². The Bertz CT molecular complexity index is 7630. The molecule has 9 aromatic rings. The molecule has 2 heterocycles. The quantitative estimate of drug-likeness (QED) is 0.0501. The molecule has 0 radical (unpaired) electrons. The molecule has 0 atom stereocenters. The number of nitriles is 8. The van der Waals surface area contributed by atoms with E-state index in [4.69, 9.17) is 50.0 Å². The van der Waals surface area contributed by atoms with Crippen molar-refractivity contribution < 1.29 is 132 Å². The van der Waals surface area contributed by atoms with Gasteiger partial charge in [0.15, 0.2) is 116 Å². The van der Waals surface area contributed by atoms with Crippen molar-refractivity contribution >= 4 is 35.0 Å². The third-order valence-electron chi connectivity index (χ3n) is 21.6. The van der Waals surface area contributed by atoms with Crippen molar-refractivity contribution in [2.75, 3.05) is 0 Å². The van der Waals surface area contributed by atoms with Gasteiger partial charge in [0.25, 0.3) is 23.8 Å². The lowest BCUT2D eigenvalue weighted by molar-refractivity contribution is 0.410. The van der Waals surface area contributed by atoms with Crippen molar-refractivity contribution in [3.8, 4) is 115 Å². The molecule has 16 nitrogen and oxygen atoms in total. The minimum Gasteiger partial charge on any atom is -0.207 e. The Labute approximate surface area is 734 Å². The molecule has 0 amide bonds. The zero-order chi connectivity index (χ0) is 100. The first-order valence-electron chi connectivity index (χ1n) is 35.9. The topological polar surface area (TPSA) is 242 Å². The second kappa shape index (κ2) is 35.3. The molecule has 664 valence electrons. The highest BCUT2D eigenvalue weighted by molar-refractivity contribution is 5.95. The van der Waals surface area contributed by atoms with E-state index < -0.39 is 424 Å². The van der Waals surface area contributed by atoms with Gasteiger partial charge in [-0.25, -0.2) is 114 Å². The highest BCUT2D eigenvalue weighted by atomic mass is 19.2. The summed E-state index contributed by atoms with van der Waals surface area (Å²) in [7, 11) is 0. The lowest BCUT2D eigenvalue weighted by atomic mass is 9.85. The van der Waals surface area contributed by atoms with E-state index in [2.05, 4.69) is 39.0 Å². The van der Waals surface area contributed by atoms with Crippen LogP contribution >= 0.6 is 0 Å². The van der Waals surface area contributed by atoms with Gasteiger partial charge in [0, 0.05) is 132 Å². The molecule has 0 spiro atoms. The number of allylic oxidation sites excluding steroid dienone is 9. The molecule has 0 N–H and O–H groups in total. The molecule has 6 aliphatic rings. The SMILES string of the molecule is [C-]#[N+]C([N+]#[C-])=C1Cc2c(-c3c(F)c(F)c(C#N)c(F)c3F)c3c(c(-c4c(F)c(F)c(C#N)c(F)c4F)c2=C1F)CC(=C(C#N)C#N)C=3F.[C-]#[N+]C([N+]#[C-])=C1Cc2c(-c3c(F)c(F)cc(F)c3F)c3c(c(-c4c(F)c(F)cc(F)c4F)c2=C1F)CC(=C(C#N)C#N)C=3F.[C-]#[N+]C([N+]#[C-])=C1Cc2c(-c3c(F)c(F)nc(F)c3F)c3c(c(-c4c(F)c(F)nc(F)c4F)c2=C1F)CC(=C(C#N)C#N)C=3F. The summed E-state index contributed by atoms with van der Waals surface area (Å²) in [5.41, 5.74) is -35.5. The Morgan fingerprint density at radius 1 is 0.221 bits per heavy atom. The summed E-state index contributed by atoms with van der Waals surface area (Å²) in [5, 5.41) is 67.1. The lowest BCUT2D eigenvalue weighted by Gasteiger charge is -2.18. The van der Waals surface area contributed by atoms with Crippen molar-refractivity contribution in [1.82, 2.24) is 9.97 Å². The number of hydrogen-bond donors (Lipinski definition) is 0. The number of aromatic nitrogens is 2. The Morgan fingerprint density at radius 3 is 0.551 bits per heavy atom. The van der Waals surface area contributed by atoms with E-state index >= 15 is 79.0 Å². The molecule has 0 unspecified atom stereocenters. The predicted octanol–water partition coefficient (Wildman–Crippen LogP) is 18.9. The Hall–Kier alpha value is -18.7. The third kappa shape index (κ3) is 13.9. The average Bonchev–Trinajstić information content (AvgIpc) is 1.53. The van der Waals surface area contributed by atoms with E-state index in [1.165, 1.54) is 36.4 Å². The summed E-state index contributed by atoms with van der Waals surface area (Å²) in [6.07, 6.45) is -6.72. The molecule has 0 bridgehead atoms. The van der Waals surface area contributed by atoms with Crippen molar-refractivity contribution in [3.63, 3.8) is 0 Å². The Morgan fingerprint density at radius 2 is 0.382 bits per heavy atom. The molecule has 136 heavy (non-hydrogen) atoms. The summed E-state index contributed by atoms with van der Waals surface area (Å²) in [6.45, 7) is 43.2. The number of fused-ring (bicyclic) bond motifs is 6. The molecular weight excluding hydrogens is 1880 g/mol. The number of rotatable bonds is 6. The Kier molecular flexibility index (Phi) is 24.6. The van der Waals surface area contributed by atoms with Gasteiger partial charge in [-0.05, 0) is 33.4 Å². The number of pyridine rings is 2. The first-order chi connectivity index (χ1) is 64.4. The second-order valence-electron chi connectivity index (χ2n) is 27.9. The van der Waals surface area contributed by atoms with E-state index in [0.29, 0.717) is 0 Å². The molecule has 0 aliphatic heterocycles. The molecule has 7 aromatic carbocycles. The molecule has 2 aromatic heterocycles. The zero-order valence-electron chi connectivity index (χ0n) is 64.9. The van der Waals surface area contributed by atoms with Crippen LogP contribution in [0.25, 0.3) is 131 Å². The normalized spacial score (nSPS) is 13.1. The van der Waals surface area contributed by atoms with Crippen LogP contribution in [0.15, 0.2) is 79.8 Å². The molecule has 0 saturated heterocycles. The predicted molar refractivity (Wildman–Crippen MR) is 398 cm³/mol. The maximum atomic E-state index is 16.4. The van der Waals surface area contributed by atoms with Crippen LogP contribution < -0.4 is 31.3 Å². The molecule has 0 saturated carbocycles. The highest BCUT2D eigenvalue weighted by Gasteiger charge is 2.47. The van der Waals surface area contributed by atoms with Crippen LogP contribution in [0.5, 0.6) is 0 Å². The van der Waals surface area contributed by atoms with Crippen LogP contribution in [0.1, 0.15) is 44.5 Å². The third-order valence-corrected chi connectivity index (χ3v) is 21.6. The summed E-state index contributed by atoms with van der Waals surface area (Å²) in [6, 6.07) is 9.21. The molecular formula is C90H14F30N16. The van der Waals surface area contributed by atoms with Gasteiger partial charge < -0.3 is 0 Å². The second-order valence-corrected chi connectivity index (χ2v) is 27.9. The fraction of sp³-hybridized carbons (Fsp3) is 0.0667.